The van der Waals surface area contributed by atoms with Gasteiger partial charge in [-0.15, -0.1) is 0 Å². The lowest BCUT2D eigenvalue weighted by atomic mass is 9.97. The van der Waals surface area contributed by atoms with Gasteiger partial charge in [-0.2, -0.15) is 0 Å². The van der Waals surface area contributed by atoms with Crippen LogP contribution in [0.3, 0.4) is 0 Å². The summed E-state index contributed by atoms with van der Waals surface area (Å²) in [5.41, 5.74) is 5.65. The largest absolute Gasteiger partial charge is 0.372 e. The van der Waals surface area contributed by atoms with Gasteiger partial charge in [-0.05, 0) is 61.0 Å². The van der Waals surface area contributed by atoms with E-state index >= 15 is 0 Å². The number of ether oxygens (including phenoxy) is 2. The van der Waals surface area contributed by atoms with Crippen LogP contribution in [0.2, 0.25) is 0 Å². The van der Waals surface area contributed by atoms with E-state index in [9.17, 15) is 0 Å². The summed E-state index contributed by atoms with van der Waals surface area (Å²) >= 11 is 0. The van der Waals surface area contributed by atoms with Crippen LogP contribution in [-0.4, -0.2) is 39.4 Å². The van der Waals surface area contributed by atoms with Crippen LogP contribution in [0.1, 0.15) is 66.6 Å². The lowest BCUT2D eigenvalue weighted by molar-refractivity contribution is 0.0426. The van der Waals surface area contributed by atoms with E-state index in [1.54, 1.807) is 0 Å². The Bertz CT molecular complexity index is 729. The summed E-state index contributed by atoms with van der Waals surface area (Å²) in [6, 6.07) is 17.4. The van der Waals surface area contributed by atoms with Crippen molar-refractivity contribution in [3.63, 3.8) is 0 Å². The van der Waals surface area contributed by atoms with Crippen LogP contribution in [0.25, 0.3) is 0 Å². The highest BCUT2D eigenvalue weighted by Crippen LogP contribution is 2.27. The molecule has 4 nitrogen and oxygen atoms in total. The van der Waals surface area contributed by atoms with Crippen molar-refractivity contribution < 1.29 is 9.47 Å². The number of benzene rings is 2. The van der Waals surface area contributed by atoms with Gasteiger partial charge in [0.05, 0.1) is 25.4 Å². The molecule has 2 atom stereocenters. The first-order chi connectivity index (χ1) is 15.4. The predicted octanol–water partition coefficient (Wildman–Crippen LogP) is 4.74. The Kier molecular flexibility index (Phi) is 8.95. The maximum Gasteiger partial charge on any atom is 0.0952 e. The molecule has 0 unspecified atom stereocenters. The second-order valence-corrected chi connectivity index (χ2v) is 8.79. The van der Waals surface area contributed by atoms with Crippen LogP contribution in [0.5, 0.6) is 0 Å². The predicted molar refractivity (Wildman–Crippen MR) is 127 cm³/mol. The summed E-state index contributed by atoms with van der Waals surface area (Å²) in [5, 5.41) is 7.20. The normalized spacial score (nSPS) is 20.3. The van der Waals surface area contributed by atoms with Crippen molar-refractivity contribution in [2.75, 3.05) is 39.4 Å². The minimum absolute atomic E-state index is 0.219. The van der Waals surface area contributed by atoms with Crippen molar-refractivity contribution in [3.8, 4) is 0 Å². The molecule has 0 spiro atoms. The van der Waals surface area contributed by atoms with Crippen LogP contribution in [0.4, 0.5) is 0 Å². The number of fused-ring (bicyclic) bond motifs is 2. The van der Waals surface area contributed by atoms with Gasteiger partial charge in [-0.3, -0.25) is 0 Å². The molecule has 168 valence electrons. The molecule has 0 bridgehead atoms. The van der Waals surface area contributed by atoms with E-state index in [4.69, 9.17) is 9.47 Å². The van der Waals surface area contributed by atoms with Crippen LogP contribution in [0, 0.1) is 0 Å². The molecular formula is C27H38N2O2. The monoisotopic (exact) mass is 422 g/mol. The smallest absolute Gasteiger partial charge is 0.0952 e. The first-order valence-corrected chi connectivity index (χ1v) is 12.2. The van der Waals surface area contributed by atoms with E-state index in [1.165, 1.54) is 54.4 Å². The highest BCUT2D eigenvalue weighted by atomic mass is 16.5. The molecule has 0 fully saturated rings. The van der Waals surface area contributed by atoms with Crippen molar-refractivity contribution in [1.82, 2.24) is 10.6 Å². The summed E-state index contributed by atoms with van der Waals surface area (Å²) in [5.74, 6) is 0. The standard InChI is InChI=1S/C27H38N2O2/c1(2-8-16-28-20-26-24-12-6-4-10-22(24)14-18-30-26)3-9-17-29-21-27-25-13-7-5-11-23(25)15-19-31-27/h4-7,10-13,26-29H,1-3,8-9,14-21H2/t26-,27-/m0/s1. The molecule has 2 aliphatic heterocycles. The molecular weight excluding hydrogens is 384 g/mol. The lowest BCUT2D eigenvalue weighted by Gasteiger charge is -2.26. The summed E-state index contributed by atoms with van der Waals surface area (Å²) in [6.07, 6.45) is 8.93. The van der Waals surface area contributed by atoms with Gasteiger partial charge in [0.15, 0.2) is 0 Å². The second kappa shape index (κ2) is 12.4. The molecule has 0 radical (unpaired) electrons. The number of hydrogen-bond donors (Lipinski definition) is 2. The Morgan fingerprint density at radius 1 is 0.613 bits per heavy atom. The van der Waals surface area contributed by atoms with Gasteiger partial charge in [0.2, 0.25) is 0 Å². The average Bonchev–Trinajstić information content (AvgIpc) is 2.82. The number of hydrogen-bond acceptors (Lipinski definition) is 4. The zero-order chi connectivity index (χ0) is 21.1. The van der Waals surface area contributed by atoms with Gasteiger partial charge in [-0.1, -0.05) is 67.8 Å². The Balaban J connectivity index is 0.999. The van der Waals surface area contributed by atoms with Crippen LogP contribution in [0.15, 0.2) is 48.5 Å². The maximum atomic E-state index is 5.97. The summed E-state index contributed by atoms with van der Waals surface area (Å²) < 4.78 is 11.9. The third-order valence-electron chi connectivity index (χ3n) is 6.55. The fraction of sp³-hybridized carbons (Fsp3) is 0.556. The van der Waals surface area contributed by atoms with E-state index in [2.05, 4.69) is 59.2 Å². The quantitative estimate of drug-likeness (QED) is 0.485. The van der Waals surface area contributed by atoms with E-state index < -0.39 is 0 Å². The molecule has 0 aromatic heterocycles. The van der Waals surface area contributed by atoms with Gasteiger partial charge in [0.1, 0.15) is 0 Å². The molecule has 2 N–H and O–H groups in total. The zero-order valence-corrected chi connectivity index (χ0v) is 18.8. The molecule has 2 aromatic rings. The molecule has 0 aliphatic carbocycles. The Morgan fingerprint density at radius 3 is 1.58 bits per heavy atom. The summed E-state index contributed by atoms with van der Waals surface area (Å²) in [7, 11) is 0. The van der Waals surface area contributed by atoms with Gasteiger partial charge in [0, 0.05) is 13.1 Å². The molecule has 4 heteroatoms. The van der Waals surface area contributed by atoms with Crippen molar-refractivity contribution in [2.45, 2.75) is 57.2 Å². The topological polar surface area (TPSA) is 42.5 Å². The van der Waals surface area contributed by atoms with Gasteiger partial charge >= 0.3 is 0 Å². The van der Waals surface area contributed by atoms with Crippen LogP contribution in [-0.2, 0) is 22.3 Å². The van der Waals surface area contributed by atoms with E-state index in [-0.39, 0.29) is 12.2 Å². The highest BCUT2D eigenvalue weighted by molar-refractivity contribution is 5.32. The van der Waals surface area contributed by atoms with E-state index in [0.29, 0.717) is 0 Å². The molecule has 4 rings (SSSR count). The fourth-order valence-electron chi connectivity index (χ4n) is 4.79. The Hall–Kier alpha value is -1.72. The fourth-order valence-corrected chi connectivity index (χ4v) is 4.79. The molecule has 2 aromatic carbocycles. The molecule has 0 amide bonds. The SMILES string of the molecule is c1ccc2c(c1)CCO[C@H]2CNCCCCCCCNC[C@@H]1OCCc2ccccc21. The van der Waals surface area contributed by atoms with E-state index in [0.717, 1.165) is 52.2 Å². The van der Waals surface area contributed by atoms with Crippen LogP contribution >= 0.6 is 0 Å². The van der Waals surface area contributed by atoms with Crippen molar-refractivity contribution in [1.29, 1.82) is 0 Å². The molecule has 0 saturated heterocycles. The van der Waals surface area contributed by atoms with Crippen molar-refractivity contribution in [3.05, 3.63) is 70.8 Å². The van der Waals surface area contributed by atoms with Crippen LogP contribution < -0.4 is 10.6 Å². The molecule has 2 aliphatic rings. The number of rotatable bonds is 12. The van der Waals surface area contributed by atoms with E-state index in [1.807, 2.05) is 0 Å². The lowest BCUT2D eigenvalue weighted by Crippen LogP contribution is -2.28. The first kappa shape index (κ1) is 22.5. The number of nitrogens with one attached hydrogen (secondary N) is 2. The number of unbranched alkanes of at least 4 members (excludes halogenated alkanes) is 4. The summed E-state index contributed by atoms with van der Waals surface area (Å²) in [6.45, 7) is 5.70. The van der Waals surface area contributed by atoms with Gasteiger partial charge in [0.25, 0.3) is 0 Å². The average molecular weight is 423 g/mol. The molecule has 31 heavy (non-hydrogen) atoms. The minimum atomic E-state index is 0.219. The first-order valence-electron chi connectivity index (χ1n) is 12.2. The third-order valence-corrected chi connectivity index (χ3v) is 6.55. The van der Waals surface area contributed by atoms with Gasteiger partial charge in [-0.25, -0.2) is 0 Å². The Morgan fingerprint density at radius 2 is 1.06 bits per heavy atom. The van der Waals surface area contributed by atoms with Crippen molar-refractivity contribution in [2.24, 2.45) is 0 Å². The zero-order valence-electron chi connectivity index (χ0n) is 18.8. The second-order valence-electron chi connectivity index (χ2n) is 8.79. The molecule has 0 saturated carbocycles. The Labute approximate surface area is 187 Å². The molecule has 2 heterocycles. The van der Waals surface area contributed by atoms with Gasteiger partial charge < -0.3 is 20.1 Å². The maximum absolute atomic E-state index is 5.97. The highest BCUT2D eigenvalue weighted by Gasteiger charge is 2.20. The summed E-state index contributed by atoms with van der Waals surface area (Å²) in [4.78, 5) is 0. The third kappa shape index (κ3) is 6.63. The minimum Gasteiger partial charge on any atom is -0.372 e. The van der Waals surface area contributed by atoms with Crippen molar-refractivity contribution >= 4 is 0 Å².